The molecule has 1 aromatic heterocycles. The number of carbonyl (C=O) groups is 1. The van der Waals surface area contributed by atoms with Crippen LogP contribution in [0.1, 0.15) is 31.0 Å². The second-order valence-corrected chi connectivity index (χ2v) is 4.46. The number of ether oxygens (including phenoxy) is 1. The summed E-state index contributed by atoms with van der Waals surface area (Å²) in [7, 11) is 0. The van der Waals surface area contributed by atoms with Gasteiger partial charge in [-0.05, 0) is 33.6 Å². The summed E-state index contributed by atoms with van der Waals surface area (Å²) in [5.41, 5.74) is 1.24. The van der Waals surface area contributed by atoms with Crippen molar-refractivity contribution in [3.8, 4) is 0 Å². The van der Waals surface area contributed by atoms with Crippen LogP contribution >= 0.6 is 0 Å². The van der Waals surface area contributed by atoms with E-state index in [9.17, 15) is 4.79 Å². The molecule has 1 saturated heterocycles. The first-order valence-electron chi connectivity index (χ1n) is 5.50. The number of rotatable bonds is 2. The molecule has 0 aromatic carbocycles. The number of carbonyl (C=O) groups excluding carboxylic acids is 1. The maximum atomic E-state index is 12.0. The Balaban J connectivity index is 2.10. The first-order valence-corrected chi connectivity index (χ1v) is 5.50. The van der Waals surface area contributed by atoms with E-state index in [0.29, 0.717) is 12.4 Å². The van der Waals surface area contributed by atoms with Crippen LogP contribution in [0.25, 0.3) is 0 Å². The molecule has 1 atom stereocenters. The summed E-state index contributed by atoms with van der Waals surface area (Å²) in [6, 6.07) is 0. The monoisotopic (exact) mass is 223 g/mol. The van der Waals surface area contributed by atoms with E-state index in [1.165, 1.54) is 0 Å². The van der Waals surface area contributed by atoms with Gasteiger partial charge in [0, 0.05) is 17.9 Å². The van der Waals surface area contributed by atoms with Crippen LogP contribution in [0.15, 0.2) is 0 Å². The minimum atomic E-state index is -0.695. The molecule has 0 bridgehead atoms. The topological polar surface area (TPSA) is 67.0 Å². The van der Waals surface area contributed by atoms with Gasteiger partial charge in [-0.25, -0.2) is 0 Å². The number of aryl methyl sites for hydroxylation is 1. The van der Waals surface area contributed by atoms with Crippen molar-refractivity contribution in [2.45, 2.75) is 39.2 Å². The van der Waals surface area contributed by atoms with Gasteiger partial charge in [0.05, 0.1) is 0 Å². The minimum absolute atomic E-state index is 0.111. The Bertz CT molecular complexity index is 405. The first-order chi connectivity index (χ1) is 7.53. The summed E-state index contributed by atoms with van der Waals surface area (Å²) in [6.07, 6.45) is 1.70. The molecule has 2 heterocycles. The van der Waals surface area contributed by atoms with Crippen molar-refractivity contribution < 1.29 is 9.53 Å². The zero-order valence-corrected chi connectivity index (χ0v) is 9.89. The van der Waals surface area contributed by atoms with Crippen molar-refractivity contribution in [2.24, 2.45) is 0 Å². The number of hydrogen-bond acceptors (Lipinski definition) is 3. The molecule has 2 N–H and O–H groups in total. The predicted molar refractivity (Wildman–Crippen MR) is 60.3 cm³/mol. The lowest BCUT2D eigenvalue weighted by Crippen LogP contribution is -2.39. The van der Waals surface area contributed by atoms with Gasteiger partial charge in [0.25, 0.3) is 5.91 Å². The maximum absolute atomic E-state index is 12.0. The highest BCUT2D eigenvalue weighted by Crippen LogP contribution is 2.27. The maximum Gasteiger partial charge on any atom is 0.257 e. The first kappa shape index (κ1) is 11.1. The van der Waals surface area contributed by atoms with E-state index in [0.717, 1.165) is 24.1 Å². The van der Waals surface area contributed by atoms with Gasteiger partial charge in [-0.1, -0.05) is 0 Å². The predicted octanol–water partition coefficient (Wildman–Crippen LogP) is 1.53. The molecule has 0 spiro atoms. The summed E-state index contributed by atoms with van der Waals surface area (Å²) in [5.74, 6) is 0.485. The van der Waals surface area contributed by atoms with E-state index in [2.05, 4.69) is 15.5 Å². The lowest BCUT2D eigenvalue weighted by atomic mass is 10.0. The number of nitrogens with one attached hydrogen (secondary N) is 2. The molecule has 5 heteroatoms. The number of anilines is 1. The zero-order valence-electron chi connectivity index (χ0n) is 9.89. The number of aromatic nitrogens is 2. The summed E-state index contributed by atoms with van der Waals surface area (Å²) in [6.45, 7) is 6.32. The second kappa shape index (κ2) is 3.90. The molecule has 1 aromatic rings. The fourth-order valence-electron chi connectivity index (χ4n) is 1.80. The van der Waals surface area contributed by atoms with Crippen LogP contribution in [-0.4, -0.2) is 28.3 Å². The van der Waals surface area contributed by atoms with Gasteiger partial charge in [-0.2, -0.15) is 5.10 Å². The summed E-state index contributed by atoms with van der Waals surface area (Å²) >= 11 is 0. The molecule has 5 nitrogen and oxygen atoms in total. The average molecular weight is 223 g/mol. The molecule has 1 amide bonds. The Hall–Kier alpha value is -1.36. The van der Waals surface area contributed by atoms with Gasteiger partial charge in [0.15, 0.2) is 5.82 Å². The quantitative estimate of drug-likeness (QED) is 0.799. The molecule has 88 valence electrons. The van der Waals surface area contributed by atoms with Gasteiger partial charge in [-0.15, -0.1) is 0 Å². The van der Waals surface area contributed by atoms with Gasteiger partial charge in [-0.3, -0.25) is 9.89 Å². The molecule has 1 unspecified atom stereocenters. The van der Waals surface area contributed by atoms with E-state index < -0.39 is 5.60 Å². The lowest BCUT2D eigenvalue weighted by Gasteiger charge is -2.21. The summed E-state index contributed by atoms with van der Waals surface area (Å²) in [5, 5.41) is 9.69. The molecule has 0 saturated carbocycles. The standard InChI is InChI=1S/C11H17N3O2/c1-7-8(2)13-14-9(7)12-10(15)11(3)5-4-6-16-11/h4-6H2,1-3H3,(H2,12,13,14,15). The third-order valence-corrected chi connectivity index (χ3v) is 3.18. The lowest BCUT2D eigenvalue weighted by molar-refractivity contribution is -0.133. The third-order valence-electron chi connectivity index (χ3n) is 3.18. The number of hydrogen-bond donors (Lipinski definition) is 2. The van der Waals surface area contributed by atoms with Crippen LogP contribution < -0.4 is 5.32 Å². The van der Waals surface area contributed by atoms with Crippen LogP contribution in [0.3, 0.4) is 0 Å². The largest absolute Gasteiger partial charge is 0.365 e. The van der Waals surface area contributed by atoms with Crippen molar-refractivity contribution in [1.29, 1.82) is 0 Å². The van der Waals surface area contributed by atoms with Crippen molar-refractivity contribution >= 4 is 11.7 Å². The normalized spacial score (nSPS) is 24.7. The van der Waals surface area contributed by atoms with Crippen molar-refractivity contribution in [3.63, 3.8) is 0 Å². The van der Waals surface area contributed by atoms with Crippen LogP contribution in [0.4, 0.5) is 5.82 Å². The van der Waals surface area contributed by atoms with E-state index in [1.807, 2.05) is 20.8 Å². The smallest absolute Gasteiger partial charge is 0.257 e. The van der Waals surface area contributed by atoms with E-state index >= 15 is 0 Å². The Kier molecular flexibility index (Phi) is 2.71. The molecule has 0 radical (unpaired) electrons. The zero-order chi connectivity index (χ0) is 11.8. The molecular formula is C11H17N3O2. The Morgan fingerprint density at radius 1 is 1.56 bits per heavy atom. The second-order valence-electron chi connectivity index (χ2n) is 4.46. The fourth-order valence-corrected chi connectivity index (χ4v) is 1.80. The number of H-pyrrole nitrogens is 1. The Morgan fingerprint density at radius 2 is 2.31 bits per heavy atom. The highest BCUT2D eigenvalue weighted by atomic mass is 16.5. The summed E-state index contributed by atoms with van der Waals surface area (Å²) in [4.78, 5) is 12.0. The number of aromatic amines is 1. The van der Waals surface area contributed by atoms with Crippen LogP contribution in [0, 0.1) is 13.8 Å². The third kappa shape index (κ3) is 1.82. The SMILES string of the molecule is Cc1[nH]nc(NC(=O)C2(C)CCCO2)c1C. The van der Waals surface area contributed by atoms with Gasteiger partial charge < -0.3 is 10.1 Å². The molecule has 2 rings (SSSR count). The molecule has 1 fully saturated rings. The number of nitrogens with zero attached hydrogens (tertiary/aromatic N) is 1. The fraction of sp³-hybridized carbons (Fsp3) is 0.636. The Labute approximate surface area is 94.6 Å². The highest BCUT2D eigenvalue weighted by molar-refractivity contribution is 5.97. The van der Waals surface area contributed by atoms with E-state index in [4.69, 9.17) is 4.74 Å². The summed E-state index contributed by atoms with van der Waals surface area (Å²) < 4.78 is 5.47. The van der Waals surface area contributed by atoms with Crippen LogP contribution in [-0.2, 0) is 9.53 Å². The van der Waals surface area contributed by atoms with Crippen molar-refractivity contribution in [2.75, 3.05) is 11.9 Å². The molecule has 1 aliphatic rings. The minimum Gasteiger partial charge on any atom is -0.365 e. The van der Waals surface area contributed by atoms with Crippen molar-refractivity contribution in [3.05, 3.63) is 11.3 Å². The molecule has 1 aliphatic heterocycles. The Morgan fingerprint density at radius 3 is 2.81 bits per heavy atom. The van der Waals surface area contributed by atoms with Gasteiger partial charge in [0.1, 0.15) is 5.60 Å². The van der Waals surface area contributed by atoms with Gasteiger partial charge in [0.2, 0.25) is 0 Å². The molecule has 0 aliphatic carbocycles. The van der Waals surface area contributed by atoms with Crippen LogP contribution in [0.5, 0.6) is 0 Å². The van der Waals surface area contributed by atoms with Gasteiger partial charge >= 0.3 is 0 Å². The van der Waals surface area contributed by atoms with Crippen LogP contribution in [0.2, 0.25) is 0 Å². The average Bonchev–Trinajstić information content (AvgIpc) is 2.81. The molecule has 16 heavy (non-hydrogen) atoms. The molecular weight excluding hydrogens is 206 g/mol. The van der Waals surface area contributed by atoms with Crippen molar-refractivity contribution in [1.82, 2.24) is 10.2 Å². The van der Waals surface area contributed by atoms with E-state index in [-0.39, 0.29) is 5.91 Å². The number of amides is 1. The highest BCUT2D eigenvalue weighted by Gasteiger charge is 2.38. The van der Waals surface area contributed by atoms with E-state index in [1.54, 1.807) is 0 Å².